The third-order valence-electron chi connectivity index (χ3n) is 3.73. The van der Waals surface area contributed by atoms with Gasteiger partial charge in [0.05, 0.1) is 0 Å². The molecule has 5 heteroatoms. The van der Waals surface area contributed by atoms with Crippen LogP contribution >= 0.6 is 0 Å². The maximum absolute atomic E-state index is 11.6. The molecule has 0 rings (SSSR count). The van der Waals surface area contributed by atoms with Gasteiger partial charge in [-0.05, 0) is 19.8 Å². The monoisotopic (exact) mass is 314 g/mol. The number of rotatable bonds is 8. The average molecular weight is 314 g/mol. The van der Waals surface area contributed by atoms with Crippen LogP contribution in [0.5, 0.6) is 0 Å². The Hall–Kier alpha value is 0.200. The van der Waals surface area contributed by atoms with Gasteiger partial charge in [-0.2, -0.15) is 0 Å². The van der Waals surface area contributed by atoms with Crippen molar-refractivity contribution in [1.82, 2.24) is 0 Å². The van der Waals surface area contributed by atoms with E-state index < -0.39 is 24.0 Å². The van der Waals surface area contributed by atoms with Crippen LogP contribution in [0.1, 0.15) is 73.1 Å². The normalized spacial score (nSPS) is 14.1. The molecule has 0 radical (unpaired) electrons. The van der Waals surface area contributed by atoms with Crippen LogP contribution in [0.15, 0.2) is 0 Å². The molecule has 0 fully saturated rings. The Morgan fingerprint density at radius 1 is 1.05 bits per heavy atom. The fourth-order valence-corrected chi connectivity index (χ4v) is 1.88. The summed E-state index contributed by atoms with van der Waals surface area (Å²) in [5.74, 6) is -1.80. The van der Waals surface area contributed by atoms with Gasteiger partial charge in [0.1, 0.15) is 12.0 Å². The summed E-state index contributed by atoms with van der Waals surface area (Å²) in [7, 11) is 0. The number of carbonyl (C=O) groups excluding carboxylic acids is 1. The number of carboxylic acid groups (broad SMARTS) is 1. The molecule has 0 aromatic carbocycles. The molecule has 0 saturated heterocycles. The third kappa shape index (κ3) is 8.48. The first kappa shape index (κ1) is 22.5. The van der Waals surface area contributed by atoms with Crippen molar-refractivity contribution >= 4 is 49.7 Å². The molecule has 0 aliphatic carbocycles. The number of hydrogen-bond donors (Lipinski definition) is 1. The zero-order chi connectivity index (χ0) is 15.1. The summed E-state index contributed by atoms with van der Waals surface area (Å²) in [5, 5.41) is 8.63. The van der Waals surface area contributed by atoms with Crippen molar-refractivity contribution in [2.75, 3.05) is 0 Å². The van der Waals surface area contributed by atoms with Crippen LogP contribution in [-0.2, 0) is 14.3 Å². The second-order valence-corrected chi connectivity index (χ2v) is 6.34. The molecular weight excluding hydrogens is 284 g/mol. The number of hydrogen-bond acceptors (Lipinski definition) is 3. The maximum atomic E-state index is 11.6. The third-order valence-corrected chi connectivity index (χ3v) is 3.73. The molecule has 116 valence electrons. The van der Waals surface area contributed by atoms with E-state index >= 15 is 0 Å². The van der Waals surface area contributed by atoms with Gasteiger partial charge in [0.25, 0.3) is 0 Å². The van der Waals surface area contributed by atoms with Gasteiger partial charge in [0.2, 0.25) is 0 Å². The van der Waals surface area contributed by atoms with Crippen molar-refractivity contribution in [3.05, 3.63) is 0 Å². The van der Waals surface area contributed by atoms with Gasteiger partial charge in [-0.15, -0.1) is 0 Å². The molecule has 0 spiro atoms. The van der Waals surface area contributed by atoms with E-state index in [1.54, 1.807) is 0 Å². The molecule has 0 heterocycles. The van der Waals surface area contributed by atoms with Crippen molar-refractivity contribution in [1.29, 1.82) is 0 Å². The first-order valence-corrected chi connectivity index (χ1v) is 7.06. The van der Waals surface area contributed by atoms with Crippen molar-refractivity contribution < 1.29 is 19.4 Å². The van der Waals surface area contributed by atoms with Gasteiger partial charge < -0.3 is 9.84 Å². The minimum atomic E-state index is -1.15. The molecule has 0 aliphatic heterocycles. The molecule has 1 N–H and O–H groups in total. The van der Waals surface area contributed by atoms with E-state index in [1.807, 2.05) is 27.7 Å². The molecule has 4 nitrogen and oxygen atoms in total. The van der Waals surface area contributed by atoms with Crippen LogP contribution in [-0.4, -0.2) is 60.4 Å². The Kier molecular flexibility index (Phi) is 11.3. The SMILES string of the molecule is CCCCCCC(C)(OC(=O)CC(=O)O)C(C)(C)C.[CaH2]. The summed E-state index contributed by atoms with van der Waals surface area (Å²) in [6.07, 6.45) is 4.62. The standard InChI is InChI=1S/C15H28O4.Ca.2H/c1-6-7-8-9-10-15(5,14(2,3)4)19-13(18)11-12(16)17;;;/h6-11H2,1-5H3,(H,16,17);;;. The first-order valence-electron chi connectivity index (χ1n) is 7.06. The van der Waals surface area contributed by atoms with Gasteiger partial charge in [-0.3, -0.25) is 9.59 Å². The van der Waals surface area contributed by atoms with E-state index in [0.717, 1.165) is 25.7 Å². The number of esters is 1. The zero-order valence-electron chi connectivity index (χ0n) is 12.9. The fraction of sp³-hybridized carbons (Fsp3) is 0.867. The Labute approximate surface area is 152 Å². The molecule has 0 aromatic heterocycles. The van der Waals surface area contributed by atoms with Crippen LogP contribution in [0.2, 0.25) is 0 Å². The van der Waals surface area contributed by atoms with Gasteiger partial charge in [0.15, 0.2) is 0 Å². The number of aliphatic carboxylic acids is 1. The summed E-state index contributed by atoms with van der Waals surface area (Å²) in [4.78, 5) is 22.1. The molecule has 0 amide bonds. The van der Waals surface area contributed by atoms with Crippen LogP contribution in [0.25, 0.3) is 0 Å². The summed E-state index contributed by atoms with van der Waals surface area (Å²) >= 11 is 0. The second kappa shape index (κ2) is 10.0. The van der Waals surface area contributed by atoms with Crippen LogP contribution in [0.3, 0.4) is 0 Å². The number of ether oxygens (including phenoxy) is 1. The predicted octanol–water partition coefficient (Wildman–Crippen LogP) is 2.86. The van der Waals surface area contributed by atoms with Crippen LogP contribution in [0.4, 0.5) is 0 Å². The van der Waals surface area contributed by atoms with Gasteiger partial charge in [0, 0.05) is 5.41 Å². The molecule has 1 atom stereocenters. The van der Waals surface area contributed by atoms with Gasteiger partial charge in [-0.25, -0.2) is 0 Å². The number of carbonyl (C=O) groups is 2. The molecule has 20 heavy (non-hydrogen) atoms. The first-order chi connectivity index (χ1) is 8.62. The second-order valence-electron chi connectivity index (χ2n) is 6.34. The van der Waals surface area contributed by atoms with E-state index in [-0.39, 0.29) is 43.2 Å². The molecule has 0 bridgehead atoms. The fourth-order valence-electron chi connectivity index (χ4n) is 1.88. The summed E-state index contributed by atoms with van der Waals surface area (Å²) in [5.41, 5.74) is -0.833. The van der Waals surface area contributed by atoms with Crippen molar-refractivity contribution in [2.24, 2.45) is 5.41 Å². The van der Waals surface area contributed by atoms with E-state index in [9.17, 15) is 9.59 Å². The van der Waals surface area contributed by atoms with Crippen molar-refractivity contribution in [3.8, 4) is 0 Å². The number of carboxylic acids is 1. The minimum absolute atomic E-state index is 0. The van der Waals surface area contributed by atoms with Crippen LogP contribution < -0.4 is 0 Å². The van der Waals surface area contributed by atoms with E-state index in [1.165, 1.54) is 6.42 Å². The molecular formula is C15H30CaO4. The van der Waals surface area contributed by atoms with E-state index in [2.05, 4.69) is 6.92 Å². The van der Waals surface area contributed by atoms with Crippen molar-refractivity contribution in [2.45, 2.75) is 78.7 Å². The predicted molar refractivity (Wildman–Crippen MR) is 83.5 cm³/mol. The van der Waals surface area contributed by atoms with Crippen LogP contribution in [0, 0.1) is 5.41 Å². The Balaban J connectivity index is 0. The van der Waals surface area contributed by atoms with E-state index in [4.69, 9.17) is 9.84 Å². The number of unbranched alkanes of at least 4 members (excludes halogenated alkanes) is 3. The van der Waals surface area contributed by atoms with Gasteiger partial charge >= 0.3 is 49.7 Å². The summed E-state index contributed by atoms with van der Waals surface area (Å²) in [6, 6.07) is 0. The summed E-state index contributed by atoms with van der Waals surface area (Å²) < 4.78 is 5.47. The Bertz CT molecular complexity index is 309. The zero-order valence-corrected chi connectivity index (χ0v) is 12.9. The van der Waals surface area contributed by atoms with Gasteiger partial charge in [-0.1, -0.05) is 47.0 Å². The topological polar surface area (TPSA) is 63.6 Å². The average Bonchev–Trinajstić information content (AvgIpc) is 2.21. The molecule has 1 unspecified atom stereocenters. The molecule has 0 aromatic rings. The molecule has 0 aliphatic rings. The van der Waals surface area contributed by atoms with E-state index in [0.29, 0.717) is 0 Å². The summed E-state index contributed by atoms with van der Waals surface area (Å²) in [6.45, 7) is 10.1. The Morgan fingerprint density at radius 3 is 2.00 bits per heavy atom. The quantitative estimate of drug-likeness (QED) is 0.324. The van der Waals surface area contributed by atoms with Crippen molar-refractivity contribution in [3.63, 3.8) is 0 Å². The molecule has 0 saturated carbocycles. The Morgan fingerprint density at radius 2 is 1.60 bits per heavy atom.